The fourth-order valence-corrected chi connectivity index (χ4v) is 15.5. The molecule has 2 saturated carbocycles. The van der Waals surface area contributed by atoms with Gasteiger partial charge in [-0.05, 0) is 199 Å². The maximum atomic E-state index is 7.13. The minimum atomic E-state index is 0.0110. The molecule has 2 fully saturated rings. The topological polar surface area (TPSA) is 24.9 Å². The van der Waals surface area contributed by atoms with Gasteiger partial charge in [0, 0.05) is 45.0 Å². The second-order valence-corrected chi connectivity index (χ2v) is 21.7. The highest BCUT2D eigenvalue weighted by atomic mass is 16.5. The molecule has 0 N–H and O–H groups in total. The van der Waals surface area contributed by atoms with Crippen molar-refractivity contribution in [3.05, 3.63) is 147 Å². The first-order valence-electron chi connectivity index (χ1n) is 25.4. The first kappa shape index (κ1) is 36.5. The van der Waals surface area contributed by atoms with E-state index in [1.54, 1.807) is 11.1 Å². The summed E-state index contributed by atoms with van der Waals surface area (Å²) in [4.78, 5) is 5.59. The fourth-order valence-electron chi connectivity index (χ4n) is 15.5. The van der Waals surface area contributed by atoms with Crippen molar-refractivity contribution < 1.29 is 9.47 Å². The predicted molar refractivity (Wildman–Crippen MR) is 280 cm³/mol. The van der Waals surface area contributed by atoms with E-state index in [9.17, 15) is 0 Å². The highest BCUT2D eigenvalue weighted by Gasteiger charge is 2.58. The molecule has 0 bridgehead atoms. The third-order valence-electron chi connectivity index (χ3n) is 17.8. The van der Waals surface area contributed by atoms with Crippen LogP contribution < -0.4 is 68.4 Å². The largest absolute Gasteiger partial charge is 0.458 e. The maximum absolute atomic E-state index is 7.13. The summed E-state index contributed by atoms with van der Waals surface area (Å²) in [5.41, 5.74) is 37.8. The van der Waals surface area contributed by atoms with Gasteiger partial charge in [-0.25, -0.2) is 0 Å². The van der Waals surface area contributed by atoms with Gasteiger partial charge in [0.15, 0.2) is 0 Å². The number of hydrogen-bond donors (Lipinski definition) is 0. The number of rotatable bonds is 0. The van der Waals surface area contributed by atoms with Crippen molar-refractivity contribution >= 4 is 115 Å². The van der Waals surface area contributed by atoms with Crippen LogP contribution in [0.3, 0.4) is 0 Å². The van der Waals surface area contributed by atoms with E-state index in [0.29, 0.717) is 0 Å². The highest BCUT2D eigenvalue weighted by Crippen LogP contribution is 2.59. The molecular formula is C60H47B3N2O2. The monoisotopic (exact) mass is 860 g/mol. The Morgan fingerprint density at radius 1 is 0.343 bits per heavy atom. The van der Waals surface area contributed by atoms with Crippen molar-refractivity contribution in [1.82, 2.24) is 0 Å². The molecule has 0 saturated heterocycles. The molecule has 0 spiro atoms. The van der Waals surface area contributed by atoms with E-state index >= 15 is 0 Å². The second kappa shape index (κ2) is 12.3. The first-order valence-corrected chi connectivity index (χ1v) is 25.4. The molecule has 8 aliphatic heterocycles. The third-order valence-corrected chi connectivity index (χ3v) is 17.8. The third kappa shape index (κ3) is 4.30. The zero-order chi connectivity index (χ0) is 43.9. The van der Waals surface area contributed by atoms with Gasteiger partial charge in [0.25, 0.3) is 20.1 Å². The van der Waals surface area contributed by atoms with Crippen LogP contribution in [0.15, 0.2) is 102 Å². The molecule has 7 aromatic carbocycles. The molecule has 0 aromatic heterocycles. The molecule has 2 aliphatic carbocycles. The molecule has 0 unspecified atom stereocenters. The average Bonchev–Trinajstić information content (AvgIpc) is 3.34. The standard InChI is InChI=1S/C60H47B3N2O2/c1-30-15-19-40-48(27-30)66-46-21-17-36-50(34-11-7-5-8-12-34)38-23-32(3)25-42-55(38)64-57(36)52(46)61(40)44-29-45-60-54(59(44)64)63(42)43-26-33(4)24-39-51(35-13-9-6-10-14-35)37-18-22-47-53(58(37)65(60)56(39)43)62(45)41-20-16-31(2)28-49(41)67-47/h15-29H,5-14H2,1-4H3. The van der Waals surface area contributed by atoms with Crippen molar-refractivity contribution in [2.24, 2.45) is 0 Å². The molecular weight excluding hydrogens is 813 g/mol. The highest BCUT2D eigenvalue weighted by molar-refractivity contribution is 7.07. The molecule has 67 heavy (non-hydrogen) atoms. The van der Waals surface area contributed by atoms with Crippen molar-refractivity contribution in [2.75, 3.05) is 9.80 Å². The Labute approximate surface area is 393 Å². The minimum Gasteiger partial charge on any atom is -0.458 e. The summed E-state index contributed by atoms with van der Waals surface area (Å²) in [6.45, 7) is 9.20. The van der Waals surface area contributed by atoms with Gasteiger partial charge in [-0.3, -0.25) is 0 Å². The number of nitrogens with zero attached hydrogens (tertiary/aromatic N) is 2. The normalized spacial score (nSPS) is 18.1. The second-order valence-electron chi connectivity index (χ2n) is 21.7. The average molecular weight is 860 g/mol. The summed E-state index contributed by atoms with van der Waals surface area (Å²) in [6, 6.07) is 36.5. The Morgan fingerprint density at radius 2 is 0.776 bits per heavy atom. The smallest absolute Gasteiger partial charge is 0.256 e. The number of allylic oxidation sites excluding steroid dienone is 2. The van der Waals surface area contributed by atoms with Gasteiger partial charge in [0.2, 0.25) is 0 Å². The van der Waals surface area contributed by atoms with Crippen LogP contribution in [-0.4, -0.2) is 20.1 Å². The number of anilines is 6. The van der Waals surface area contributed by atoms with E-state index in [1.807, 2.05) is 0 Å². The molecule has 7 aromatic rings. The van der Waals surface area contributed by atoms with Gasteiger partial charge in [-0.15, -0.1) is 0 Å². The van der Waals surface area contributed by atoms with Crippen LogP contribution in [-0.2, 0) is 0 Å². The lowest BCUT2D eigenvalue weighted by molar-refractivity contribution is 0.487. The molecule has 4 nitrogen and oxygen atoms in total. The van der Waals surface area contributed by atoms with E-state index in [2.05, 4.69) is 128 Å². The van der Waals surface area contributed by atoms with E-state index in [0.717, 1.165) is 23.0 Å². The molecule has 0 atom stereocenters. The zero-order valence-corrected chi connectivity index (χ0v) is 38.7. The van der Waals surface area contributed by atoms with Gasteiger partial charge in [-0.1, -0.05) is 77.6 Å². The molecule has 318 valence electrons. The van der Waals surface area contributed by atoms with Gasteiger partial charge in [0.05, 0.1) is 11.4 Å². The summed E-state index contributed by atoms with van der Waals surface area (Å²) in [5.74, 6) is 3.98. The molecule has 8 heterocycles. The molecule has 17 rings (SSSR count). The zero-order valence-electron chi connectivity index (χ0n) is 38.7. The van der Waals surface area contributed by atoms with Crippen molar-refractivity contribution in [3.63, 3.8) is 0 Å². The van der Waals surface area contributed by atoms with Crippen LogP contribution in [0.1, 0.15) is 109 Å². The summed E-state index contributed by atoms with van der Waals surface area (Å²) in [6.07, 6.45) is 12.4. The summed E-state index contributed by atoms with van der Waals surface area (Å²) >= 11 is 0. The number of benzene rings is 7. The van der Waals surface area contributed by atoms with E-state index in [1.165, 1.54) is 203 Å². The van der Waals surface area contributed by atoms with Gasteiger partial charge in [-0.2, -0.15) is 0 Å². The maximum Gasteiger partial charge on any atom is 0.256 e. The minimum absolute atomic E-state index is 0.0110. The number of aryl methyl sites for hydroxylation is 4. The van der Waals surface area contributed by atoms with Crippen molar-refractivity contribution in [3.8, 4) is 23.0 Å². The molecule has 7 heteroatoms. The van der Waals surface area contributed by atoms with Crippen LogP contribution >= 0.6 is 0 Å². The van der Waals surface area contributed by atoms with Crippen LogP contribution in [0, 0.1) is 27.7 Å². The Hall–Kier alpha value is -6.59. The van der Waals surface area contributed by atoms with Crippen LogP contribution in [0.5, 0.6) is 23.0 Å². The SMILES string of the molecule is Cc1ccc2c(c1)Oc1ccc3c4c1B2c1cc2c5c6c1N4c1c(cc(C)cc1C3=C1CCCCC1)B6c1cc(C)cc3c1N5c1c(ccc4c1B2c1ccc(C)cc1O4)C3=C1CCCCC1. The Morgan fingerprint density at radius 3 is 1.24 bits per heavy atom. The van der Waals surface area contributed by atoms with Crippen molar-refractivity contribution in [2.45, 2.75) is 91.9 Å². The van der Waals surface area contributed by atoms with E-state index < -0.39 is 0 Å². The summed E-state index contributed by atoms with van der Waals surface area (Å²) in [7, 11) is 0. The lowest BCUT2D eigenvalue weighted by Crippen LogP contribution is -2.72. The van der Waals surface area contributed by atoms with Gasteiger partial charge >= 0.3 is 0 Å². The Bertz CT molecular complexity index is 3440. The predicted octanol–water partition coefficient (Wildman–Crippen LogP) is 9.03. The first-order chi connectivity index (χ1) is 32.9. The quantitative estimate of drug-likeness (QED) is 0.142. The number of ether oxygens (including phenoxy) is 2. The molecule has 10 aliphatic rings. The lowest BCUT2D eigenvalue weighted by Gasteiger charge is -2.55. The van der Waals surface area contributed by atoms with Crippen LogP contribution in [0.4, 0.5) is 34.1 Å². The summed E-state index contributed by atoms with van der Waals surface area (Å²) < 4.78 is 14.3. The molecule has 0 radical (unpaired) electrons. The van der Waals surface area contributed by atoms with Crippen LogP contribution in [0.2, 0.25) is 0 Å². The number of fused-ring (bicyclic) bond motifs is 8. The molecule has 0 amide bonds. The lowest BCUT2D eigenvalue weighted by atomic mass is 9.25. The van der Waals surface area contributed by atoms with Crippen molar-refractivity contribution in [1.29, 1.82) is 0 Å². The van der Waals surface area contributed by atoms with E-state index in [-0.39, 0.29) is 20.1 Å². The summed E-state index contributed by atoms with van der Waals surface area (Å²) in [5, 5.41) is 0. The Kier molecular flexibility index (Phi) is 6.70. The van der Waals surface area contributed by atoms with E-state index in [4.69, 9.17) is 9.47 Å². The fraction of sp³-hybridized carbons (Fsp3) is 0.233. The van der Waals surface area contributed by atoms with Gasteiger partial charge in [0.1, 0.15) is 23.0 Å². The number of hydrogen-bond acceptors (Lipinski definition) is 4. The van der Waals surface area contributed by atoms with Gasteiger partial charge < -0.3 is 19.3 Å². The van der Waals surface area contributed by atoms with Crippen LogP contribution in [0.25, 0.3) is 11.1 Å². The Balaban J connectivity index is 1.09.